The van der Waals surface area contributed by atoms with Crippen LogP contribution in [0, 0.1) is 6.92 Å². The number of aromatic nitrogens is 4. The van der Waals surface area contributed by atoms with E-state index >= 15 is 0 Å². The van der Waals surface area contributed by atoms with Crippen molar-refractivity contribution in [1.29, 1.82) is 0 Å². The highest BCUT2D eigenvalue weighted by Crippen LogP contribution is 2.23. The van der Waals surface area contributed by atoms with Crippen molar-refractivity contribution in [2.75, 3.05) is 37.6 Å². The molecular weight excluding hydrogens is 426 g/mol. The molecule has 0 atom stereocenters. The lowest BCUT2D eigenvalue weighted by molar-refractivity contribution is 0.377. The molecular formula is C22H29N7O2S. The second-order valence-corrected chi connectivity index (χ2v) is 8.56. The fraction of sp³-hybridized carbons (Fsp3) is 0.455. The van der Waals surface area contributed by atoms with Gasteiger partial charge in [-0.15, -0.1) is 0 Å². The Labute approximate surface area is 191 Å². The van der Waals surface area contributed by atoms with Gasteiger partial charge in [-0.3, -0.25) is 18.5 Å². The van der Waals surface area contributed by atoms with E-state index in [4.69, 9.17) is 17.2 Å². The molecule has 4 rings (SSSR count). The number of fused-ring (bicyclic) bond motifs is 1. The Morgan fingerprint density at radius 1 is 1.06 bits per heavy atom. The molecule has 1 aromatic carbocycles. The Bertz CT molecular complexity index is 1260. The van der Waals surface area contributed by atoms with Crippen molar-refractivity contribution in [3.63, 3.8) is 0 Å². The highest BCUT2D eigenvalue weighted by molar-refractivity contribution is 7.80. The van der Waals surface area contributed by atoms with E-state index in [2.05, 4.69) is 39.4 Å². The van der Waals surface area contributed by atoms with Crippen LogP contribution in [0.1, 0.15) is 18.1 Å². The van der Waals surface area contributed by atoms with E-state index in [1.54, 1.807) is 7.05 Å². The minimum atomic E-state index is -0.380. The van der Waals surface area contributed by atoms with Crippen molar-refractivity contribution >= 4 is 34.4 Å². The SMILES string of the molecule is CCNC(=S)N1CCN(c2nc3c(c(=O)n(C)c(=O)n3C)n2Cc2ccc(C)cc2)CC1. The van der Waals surface area contributed by atoms with E-state index in [1.165, 1.54) is 17.2 Å². The van der Waals surface area contributed by atoms with E-state index in [0.29, 0.717) is 23.7 Å². The van der Waals surface area contributed by atoms with Crippen molar-refractivity contribution in [3.05, 3.63) is 56.2 Å². The van der Waals surface area contributed by atoms with Gasteiger partial charge in [-0.1, -0.05) is 29.8 Å². The maximum Gasteiger partial charge on any atom is 0.332 e. The summed E-state index contributed by atoms with van der Waals surface area (Å²) in [5.41, 5.74) is 2.38. The van der Waals surface area contributed by atoms with Crippen LogP contribution >= 0.6 is 12.2 Å². The van der Waals surface area contributed by atoms with Crippen LogP contribution in [0.5, 0.6) is 0 Å². The molecule has 0 bridgehead atoms. The van der Waals surface area contributed by atoms with Crippen molar-refractivity contribution in [1.82, 2.24) is 28.9 Å². The zero-order chi connectivity index (χ0) is 23.0. The van der Waals surface area contributed by atoms with Crippen LogP contribution in [-0.2, 0) is 20.6 Å². The summed E-state index contributed by atoms with van der Waals surface area (Å²) in [6.07, 6.45) is 0. The van der Waals surface area contributed by atoms with Crippen LogP contribution in [0.4, 0.5) is 5.95 Å². The van der Waals surface area contributed by atoms with E-state index in [-0.39, 0.29) is 11.2 Å². The summed E-state index contributed by atoms with van der Waals surface area (Å²) >= 11 is 5.46. The zero-order valence-electron chi connectivity index (χ0n) is 19.0. The fourth-order valence-corrected chi connectivity index (χ4v) is 4.40. The quantitative estimate of drug-likeness (QED) is 0.583. The van der Waals surface area contributed by atoms with Crippen LogP contribution < -0.4 is 21.5 Å². The molecule has 10 heteroatoms. The van der Waals surface area contributed by atoms with E-state index in [1.807, 2.05) is 18.4 Å². The lowest BCUT2D eigenvalue weighted by Gasteiger charge is -2.36. The van der Waals surface area contributed by atoms with Gasteiger partial charge in [0, 0.05) is 46.8 Å². The van der Waals surface area contributed by atoms with E-state index in [0.717, 1.165) is 48.0 Å². The topological polar surface area (TPSA) is 80.3 Å². The Hall–Kier alpha value is -3.14. The van der Waals surface area contributed by atoms with Gasteiger partial charge in [-0.05, 0) is 31.6 Å². The fourth-order valence-electron chi connectivity index (χ4n) is 4.07. The molecule has 3 heterocycles. The predicted molar refractivity (Wildman–Crippen MR) is 131 cm³/mol. The maximum absolute atomic E-state index is 13.1. The minimum Gasteiger partial charge on any atom is -0.363 e. The van der Waals surface area contributed by atoms with Gasteiger partial charge in [0.15, 0.2) is 16.3 Å². The number of anilines is 1. The number of benzene rings is 1. The zero-order valence-corrected chi connectivity index (χ0v) is 19.8. The van der Waals surface area contributed by atoms with Gasteiger partial charge in [-0.25, -0.2) is 4.79 Å². The highest BCUT2D eigenvalue weighted by atomic mass is 32.1. The molecule has 0 spiro atoms. The number of nitrogens with zero attached hydrogens (tertiary/aromatic N) is 6. The standard InChI is InChI=1S/C22H29N7O2S/c1-5-23-21(32)28-12-10-27(11-13-28)20-24-18-17(19(30)26(4)22(31)25(18)3)29(20)14-16-8-6-15(2)7-9-16/h6-9H,5,10-14H2,1-4H3,(H,23,32). The second kappa shape index (κ2) is 8.78. The molecule has 1 fully saturated rings. The van der Waals surface area contributed by atoms with Gasteiger partial charge in [0.05, 0.1) is 6.54 Å². The third-order valence-corrected chi connectivity index (χ3v) is 6.37. The number of nitrogens with one attached hydrogen (secondary N) is 1. The number of hydrogen-bond donors (Lipinski definition) is 1. The second-order valence-electron chi connectivity index (χ2n) is 8.17. The molecule has 0 saturated carbocycles. The summed E-state index contributed by atoms with van der Waals surface area (Å²) in [6.45, 7) is 8.32. The molecule has 1 saturated heterocycles. The highest BCUT2D eigenvalue weighted by Gasteiger charge is 2.26. The van der Waals surface area contributed by atoms with Crippen molar-refractivity contribution < 1.29 is 0 Å². The number of hydrogen-bond acceptors (Lipinski definition) is 5. The van der Waals surface area contributed by atoms with Crippen LogP contribution in [-0.4, -0.2) is 61.4 Å². The molecule has 0 amide bonds. The minimum absolute atomic E-state index is 0.332. The number of rotatable bonds is 4. The first-order chi connectivity index (χ1) is 15.3. The van der Waals surface area contributed by atoms with Gasteiger partial charge in [0.2, 0.25) is 5.95 Å². The third-order valence-electron chi connectivity index (χ3n) is 5.97. The van der Waals surface area contributed by atoms with Gasteiger partial charge >= 0.3 is 5.69 Å². The van der Waals surface area contributed by atoms with Crippen LogP contribution in [0.2, 0.25) is 0 Å². The summed E-state index contributed by atoms with van der Waals surface area (Å²) in [4.78, 5) is 34.7. The van der Waals surface area contributed by atoms with Gasteiger partial charge in [0.1, 0.15) is 0 Å². The summed E-state index contributed by atoms with van der Waals surface area (Å²) in [6, 6.07) is 8.24. The Morgan fingerprint density at radius 2 is 1.72 bits per heavy atom. The van der Waals surface area contributed by atoms with Crippen LogP contribution in [0.3, 0.4) is 0 Å². The lowest BCUT2D eigenvalue weighted by Crippen LogP contribution is -2.52. The monoisotopic (exact) mass is 455 g/mol. The van der Waals surface area contributed by atoms with Crippen molar-refractivity contribution in [3.8, 4) is 0 Å². The average Bonchev–Trinajstić information content (AvgIpc) is 3.17. The maximum atomic E-state index is 13.1. The Morgan fingerprint density at radius 3 is 2.34 bits per heavy atom. The first-order valence-corrected chi connectivity index (χ1v) is 11.2. The molecule has 32 heavy (non-hydrogen) atoms. The van der Waals surface area contributed by atoms with Crippen molar-refractivity contribution in [2.45, 2.75) is 20.4 Å². The number of piperazine rings is 1. The molecule has 170 valence electrons. The third kappa shape index (κ3) is 3.90. The molecule has 0 radical (unpaired) electrons. The number of aryl methyl sites for hydroxylation is 2. The first-order valence-electron chi connectivity index (χ1n) is 10.8. The molecule has 1 N–H and O–H groups in total. The summed E-state index contributed by atoms with van der Waals surface area (Å²) in [5.74, 6) is 0.702. The van der Waals surface area contributed by atoms with Gasteiger partial charge in [0.25, 0.3) is 5.56 Å². The normalized spacial score (nSPS) is 14.2. The van der Waals surface area contributed by atoms with Crippen molar-refractivity contribution in [2.24, 2.45) is 14.1 Å². The average molecular weight is 456 g/mol. The van der Waals surface area contributed by atoms with Crippen LogP contribution in [0.15, 0.2) is 33.9 Å². The molecule has 0 aliphatic carbocycles. The Kier molecular flexibility index (Phi) is 6.05. The summed E-state index contributed by atoms with van der Waals surface area (Å²) in [7, 11) is 3.16. The molecule has 2 aromatic heterocycles. The molecule has 9 nitrogen and oxygen atoms in total. The van der Waals surface area contributed by atoms with E-state index in [9.17, 15) is 9.59 Å². The number of thiocarbonyl (C=S) groups is 1. The largest absolute Gasteiger partial charge is 0.363 e. The predicted octanol–water partition coefficient (Wildman–Crippen LogP) is 0.807. The van der Waals surface area contributed by atoms with E-state index < -0.39 is 0 Å². The molecule has 1 aliphatic heterocycles. The summed E-state index contributed by atoms with van der Waals surface area (Å²) in [5, 5.41) is 3.96. The van der Waals surface area contributed by atoms with Gasteiger partial charge in [-0.2, -0.15) is 4.98 Å². The van der Waals surface area contributed by atoms with Gasteiger partial charge < -0.3 is 15.1 Å². The molecule has 3 aromatic rings. The van der Waals surface area contributed by atoms with Crippen LogP contribution in [0.25, 0.3) is 11.2 Å². The smallest absolute Gasteiger partial charge is 0.332 e. The summed E-state index contributed by atoms with van der Waals surface area (Å²) < 4.78 is 4.54. The first kappa shape index (κ1) is 22.1. The number of imidazole rings is 1. The lowest BCUT2D eigenvalue weighted by atomic mass is 10.1. The molecule has 1 aliphatic rings. The Balaban J connectivity index is 1.78. The molecule has 0 unspecified atom stereocenters.